The quantitative estimate of drug-likeness (QED) is 0.763. The van der Waals surface area contributed by atoms with Gasteiger partial charge in [0, 0.05) is 0 Å². The molecule has 4 heteroatoms. The first-order chi connectivity index (χ1) is 7.79. The van der Waals surface area contributed by atoms with Crippen molar-refractivity contribution in [2.45, 2.75) is 13.2 Å². The molecule has 0 spiro atoms. The zero-order valence-electron chi connectivity index (χ0n) is 8.59. The Morgan fingerprint density at radius 3 is 2.50 bits per heavy atom. The molecule has 2 N–H and O–H groups in total. The second-order valence-corrected chi connectivity index (χ2v) is 3.29. The van der Waals surface area contributed by atoms with Crippen LogP contribution >= 0.6 is 0 Å². The van der Waals surface area contributed by atoms with Crippen LogP contribution in [-0.2, 0) is 18.0 Å². The second-order valence-electron chi connectivity index (χ2n) is 3.29. The number of allylic oxidation sites excluding steroid dienone is 5. The molecule has 0 amide bonds. The summed E-state index contributed by atoms with van der Waals surface area (Å²) in [7, 11) is 0. The minimum absolute atomic E-state index is 0.132. The summed E-state index contributed by atoms with van der Waals surface area (Å²) in [5, 5.41) is 18.3. The maximum Gasteiger partial charge on any atom is 0.284 e. The third kappa shape index (κ3) is 2.35. The summed E-state index contributed by atoms with van der Waals surface area (Å²) in [5.41, 5.74) is 0.633. The molecular weight excluding hydrogens is 208 g/mol. The molecule has 1 aromatic heterocycles. The van der Waals surface area contributed by atoms with Crippen LogP contribution in [0.5, 0.6) is 0 Å². The molecule has 0 saturated heterocycles. The Kier molecular flexibility index (Phi) is 3.12. The van der Waals surface area contributed by atoms with E-state index in [0.29, 0.717) is 17.1 Å². The molecule has 0 radical (unpaired) electrons. The smallest absolute Gasteiger partial charge is 0.284 e. The van der Waals surface area contributed by atoms with Crippen LogP contribution < -0.4 is 0 Å². The van der Waals surface area contributed by atoms with Gasteiger partial charge in [0.15, 0.2) is 0 Å². The lowest BCUT2D eigenvalue weighted by molar-refractivity contribution is 0.0695. The van der Waals surface area contributed by atoms with Gasteiger partial charge in [0.05, 0.1) is 5.57 Å². The Balaban J connectivity index is 1.94. The summed E-state index contributed by atoms with van der Waals surface area (Å²) in [6, 6.07) is 3.36. The Labute approximate surface area is 92.8 Å². The summed E-state index contributed by atoms with van der Waals surface area (Å²) in [6.45, 7) is -0.00440. The van der Waals surface area contributed by atoms with Gasteiger partial charge in [-0.25, -0.2) is 0 Å². The van der Waals surface area contributed by atoms with Crippen molar-refractivity contribution in [2.24, 2.45) is 0 Å². The lowest BCUT2D eigenvalue weighted by Crippen LogP contribution is -1.94. The molecule has 0 aromatic carbocycles. The number of furan rings is 1. The third-order valence-corrected chi connectivity index (χ3v) is 2.13. The zero-order chi connectivity index (χ0) is 11.4. The molecular formula is C12H12O4. The van der Waals surface area contributed by atoms with Gasteiger partial charge < -0.3 is 19.4 Å². The zero-order valence-corrected chi connectivity index (χ0v) is 8.59. The Morgan fingerprint density at radius 2 is 1.88 bits per heavy atom. The number of aliphatic hydroxyl groups excluding tert-OH is 2. The van der Waals surface area contributed by atoms with Gasteiger partial charge in [-0.2, -0.15) is 0 Å². The topological polar surface area (TPSA) is 62.8 Å². The van der Waals surface area contributed by atoms with Crippen LogP contribution in [0, 0.1) is 0 Å². The van der Waals surface area contributed by atoms with Gasteiger partial charge in [-0.05, 0) is 24.3 Å². The lowest BCUT2D eigenvalue weighted by Gasteiger charge is -2.03. The highest BCUT2D eigenvalue weighted by atomic mass is 16.6. The maximum absolute atomic E-state index is 9.54. The highest BCUT2D eigenvalue weighted by Gasteiger charge is 2.06. The van der Waals surface area contributed by atoms with Crippen LogP contribution in [-0.4, -0.2) is 10.2 Å². The van der Waals surface area contributed by atoms with Gasteiger partial charge in [-0.3, -0.25) is 0 Å². The molecule has 0 unspecified atom stereocenters. The predicted molar refractivity (Wildman–Crippen MR) is 57.4 cm³/mol. The number of aliphatic hydroxyl groups is 2. The molecule has 2 rings (SSSR count). The van der Waals surface area contributed by atoms with Gasteiger partial charge in [0.1, 0.15) is 24.7 Å². The van der Waals surface area contributed by atoms with E-state index < -0.39 is 0 Å². The largest absolute Gasteiger partial charge is 0.481 e. The summed E-state index contributed by atoms with van der Waals surface area (Å²) in [6.07, 6.45) is 7.12. The summed E-state index contributed by atoms with van der Waals surface area (Å²) >= 11 is 0. The highest BCUT2D eigenvalue weighted by molar-refractivity contribution is 5.40. The van der Waals surface area contributed by atoms with Crippen LogP contribution in [0.4, 0.5) is 0 Å². The maximum atomic E-state index is 9.54. The summed E-state index contributed by atoms with van der Waals surface area (Å²) in [4.78, 5) is 0. The van der Waals surface area contributed by atoms with E-state index in [1.165, 1.54) is 0 Å². The van der Waals surface area contributed by atoms with Gasteiger partial charge in [0.25, 0.3) is 5.95 Å². The first-order valence-corrected chi connectivity index (χ1v) is 4.89. The molecule has 1 aliphatic carbocycles. The molecule has 4 nitrogen and oxygen atoms in total. The molecule has 1 aromatic rings. The van der Waals surface area contributed by atoms with Gasteiger partial charge in [0.2, 0.25) is 0 Å². The molecule has 1 heterocycles. The normalized spacial score (nSPS) is 13.4. The molecule has 0 atom stereocenters. The first-order valence-electron chi connectivity index (χ1n) is 4.89. The fourth-order valence-electron chi connectivity index (χ4n) is 1.32. The van der Waals surface area contributed by atoms with Crippen molar-refractivity contribution in [3.63, 3.8) is 0 Å². The lowest BCUT2D eigenvalue weighted by atomic mass is 10.3. The first kappa shape index (κ1) is 10.6. The molecule has 1 aliphatic rings. The van der Waals surface area contributed by atoms with Crippen molar-refractivity contribution in [1.29, 1.82) is 0 Å². The van der Waals surface area contributed by atoms with Crippen LogP contribution in [0.2, 0.25) is 0 Å². The summed E-state index contributed by atoms with van der Waals surface area (Å²) in [5.74, 6) is 0.903. The third-order valence-electron chi connectivity index (χ3n) is 2.13. The number of ether oxygens (including phenoxy) is 1. The van der Waals surface area contributed by atoms with Crippen molar-refractivity contribution < 1.29 is 19.4 Å². The number of hydrogen-bond donors (Lipinski definition) is 2. The van der Waals surface area contributed by atoms with Crippen molar-refractivity contribution in [1.82, 2.24) is 0 Å². The minimum atomic E-state index is -0.140. The van der Waals surface area contributed by atoms with Crippen molar-refractivity contribution in [2.75, 3.05) is 0 Å². The average molecular weight is 220 g/mol. The van der Waals surface area contributed by atoms with E-state index in [-0.39, 0.29) is 19.2 Å². The van der Waals surface area contributed by atoms with Gasteiger partial charge in [-0.1, -0.05) is 12.2 Å². The van der Waals surface area contributed by atoms with Crippen molar-refractivity contribution >= 4 is 0 Å². The second kappa shape index (κ2) is 4.72. The fourth-order valence-corrected chi connectivity index (χ4v) is 1.32. The standard InChI is InChI=1S/C12H12O4/c13-7-10-5-6-11(16-10)8-15-12(14)9-3-1-2-4-9/h1-6,13-14H,7-8H2. The van der Waals surface area contributed by atoms with E-state index in [2.05, 4.69) is 0 Å². The van der Waals surface area contributed by atoms with Crippen molar-refractivity contribution in [3.05, 3.63) is 59.5 Å². The average Bonchev–Trinajstić information content (AvgIpc) is 2.96. The Hall–Kier alpha value is -1.94. The van der Waals surface area contributed by atoms with Crippen LogP contribution in [0.25, 0.3) is 0 Å². The molecule has 16 heavy (non-hydrogen) atoms. The molecule has 0 aliphatic heterocycles. The van der Waals surface area contributed by atoms with Crippen LogP contribution in [0.3, 0.4) is 0 Å². The van der Waals surface area contributed by atoms with E-state index in [1.807, 2.05) is 12.2 Å². The van der Waals surface area contributed by atoms with E-state index >= 15 is 0 Å². The van der Waals surface area contributed by atoms with Gasteiger partial charge >= 0.3 is 0 Å². The molecule has 0 saturated carbocycles. The highest BCUT2D eigenvalue weighted by Crippen LogP contribution is 2.15. The fraction of sp³-hybridized carbons (Fsp3) is 0.167. The van der Waals surface area contributed by atoms with Crippen LogP contribution in [0.15, 0.2) is 52.4 Å². The molecule has 0 bridgehead atoms. The van der Waals surface area contributed by atoms with Crippen molar-refractivity contribution in [3.8, 4) is 0 Å². The van der Waals surface area contributed by atoms with Gasteiger partial charge in [-0.15, -0.1) is 0 Å². The Morgan fingerprint density at radius 1 is 1.19 bits per heavy atom. The predicted octanol–water partition coefficient (Wildman–Crippen LogP) is 2.18. The molecule has 0 fully saturated rings. The minimum Gasteiger partial charge on any atom is -0.481 e. The molecule has 84 valence electrons. The van der Waals surface area contributed by atoms with E-state index in [0.717, 1.165) is 0 Å². The van der Waals surface area contributed by atoms with E-state index in [1.54, 1.807) is 24.3 Å². The van der Waals surface area contributed by atoms with E-state index in [4.69, 9.17) is 14.3 Å². The number of rotatable bonds is 4. The Bertz CT molecular complexity index is 437. The van der Waals surface area contributed by atoms with Crippen LogP contribution in [0.1, 0.15) is 11.5 Å². The SMILES string of the molecule is OCc1ccc(COC(O)=C2C=CC=C2)o1. The summed E-state index contributed by atoms with van der Waals surface area (Å²) < 4.78 is 10.3. The van der Waals surface area contributed by atoms with E-state index in [9.17, 15) is 5.11 Å². The monoisotopic (exact) mass is 220 g/mol. The number of hydrogen-bond acceptors (Lipinski definition) is 4.